The van der Waals surface area contributed by atoms with Crippen LogP contribution in [-0.2, 0) is 4.74 Å². The Morgan fingerprint density at radius 3 is 2.32 bits per heavy atom. The van der Waals surface area contributed by atoms with Crippen LogP contribution in [0.15, 0.2) is 30.3 Å². The quantitative estimate of drug-likeness (QED) is 0.854. The molecule has 0 spiro atoms. The summed E-state index contributed by atoms with van der Waals surface area (Å²) in [4.78, 5) is 0. The fourth-order valence-corrected chi connectivity index (χ4v) is 3.22. The van der Waals surface area contributed by atoms with E-state index in [1.54, 1.807) is 0 Å². The van der Waals surface area contributed by atoms with Gasteiger partial charge < -0.3 is 4.74 Å². The van der Waals surface area contributed by atoms with Crippen LogP contribution >= 0.6 is 0 Å². The van der Waals surface area contributed by atoms with Crippen LogP contribution in [0.2, 0.25) is 0 Å². The van der Waals surface area contributed by atoms with Crippen molar-refractivity contribution >= 4 is 0 Å². The smallest absolute Gasteiger partial charge is 0.135 e. The number of hydrogen-bond donors (Lipinski definition) is 1. The second-order valence-corrected chi connectivity index (χ2v) is 5.71. The second kappa shape index (κ2) is 6.06. The monoisotopic (exact) mass is 261 g/mol. The summed E-state index contributed by atoms with van der Waals surface area (Å²) in [5.74, 6) is 0.633. The van der Waals surface area contributed by atoms with E-state index in [9.17, 15) is 0 Å². The van der Waals surface area contributed by atoms with E-state index in [2.05, 4.69) is 63.3 Å². The molecule has 0 amide bonds. The third kappa shape index (κ3) is 2.70. The zero-order chi connectivity index (χ0) is 13.9. The fraction of sp³-hybridized carbons (Fsp3) is 0.647. The molecule has 0 aromatic heterocycles. The molecule has 1 aromatic carbocycles. The highest BCUT2D eigenvalue weighted by molar-refractivity contribution is 5.19. The van der Waals surface area contributed by atoms with Crippen LogP contribution in [0.4, 0.5) is 0 Å². The average molecular weight is 261 g/mol. The van der Waals surface area contributed by atoms with Crippen LogP contribution in [0.5, 0.6) is 0 Å². The Hall–Kier alpha value is -0.860. The molecule has 0 bridgehead atoms. The molecule has 2 nitrogen and oxygen atoms in total. The minimum atomic E-state index is -0.0179. The maximum absolute atomic E-state index is 6.46. The third-order valence-electron chi connectivity index (χ3n) is 4.76. The van der Waals surface area contributed by atoms with E-state index in [0.29, 0.717) is 12.0 Å². The Morgan fingerprint density at radius 2 is 1.79 bits per heavy atom. The molecule has 1 aromatic rings. The fourth-order valence-electron chi connectivity index (χ4n) is 3.22. The minimum absolute atomic E-state index is 0.0179. The summed E-state index contributed by atoms with van der Waals surface area (Å²) in [6.07, 6.45) is 3.36. The lowest BCUT2D eigenvalue weighted by Crippen LogP contribution is -2.46. The number of ether oxygens (including phenoxy) is 1. The number of hydrogen-bond acceptors (Lipinski definition) is 2. The number of rotatable bonds is 5. The van der Waals surface area contributed by atoms with Crippen LogP contribution in [0, 0.1) is 5.92 Å². The second-order valence-electron chi connectivity index (χ2n) is 5.71. The van der Waals surface area contributed by atoms with Crippen molar-refractivity contribution in [3.63, 3.8) is 0 Å². The molecule has 19 heavy (non-hydrogen) atoms. The predicted molar refractivity (Wildman–Crippen MR) is 80.0 cm³/mol. The van der Waals surface area contributed by atoms with Crippen molar-refractivity contribution in [1.82, 2.24) is 5.32 Å². The summed E-state index contributed by atoms with van der Waals surface area (Å²) >= 11 is 0. The first-order chi connectivity index (χ1) is 9.16. The Morgan fingerprint density at radius 1 is 1.16 bits per heavy atom. The van der Waals surface area contributed by atoms with Crippen LogP contribution in [0.25, 0.3) is 0 Å². The molecular formula is C17H27NO. The van der Waals surface area contributed by atoms with Gasteiger partial charge in [0.05, 0.1) is 5.60 Å². The molecule has 1 heterocycles. The molecule has 1 aliphatic heterocycles. The van der Waals surface area contributed by atoms with Gasteiger partial charge in [-0.25, -0.2) is 0 Å². The highest BCUT2D eigenvalue weighted by Crippen LogP contribution is 2.41. The Labute approximate surface area is 117 Å². The summed E-state index contributed by atoms with van der Waals surface area (Å²) in [5, 5.41) is 3.73. The van der Waals surface area contributed by atoms with Crippen LogP contribution in [0.3, 0.4) is 0 Å². The van der Waals surface area contributed by atoms with Gasteiger partial charge in [0.25, 0.3) is 0 Å². The normalized spacial score (nSPS) is 27.4. The lowest BCUT2D eigenvalue weighted by atomic mass is 9.81. The topological polar surface area (TPSA) is 21.3 Å². The van der Waals surface area contributed by atoms with Gasteiger partial charge in [0.1, 0.15) is 6.23 Å². The molecule has 2 rings (SSSR count). The SMILES string of the molecule is CCC(C)[C@@H]1N[C@H](c2ccccc2)OC1(CC)CC. The molecule has 2 heteroatoms. The maximum Gasteiger partial charge on any atom is 0.135 e. The Kier molecular flexibility index (Phi) is 4.64. The molecule has 1 fully saturated rings. The van der Waals surface area contributed by atoms with Crippen molar-refractivity contribution < 1.29 is 4.74 Å². The van der Waals surface area contributed by atoms with Crippen molar-refractivity contribution in [3.05, 3.63) is 35.9 Å². The van der Waals surface area contributed by atoms with E-state index >= 15 is 0 Å². The van der Waals surface area contributed by atoms with Gasteiger partial charge in [-0.2, -0.15) is 0 Å². The predicted octanol–water partition coefficient (Wildman–Crippen LogP) is 4.28. The maximum atomic E-state index is 6.46. The zero-order valence-corrected chi connectivity index (χ0v) is 12.6. The van der Waals surface area contributed by atoms with Gasteiger partial charge in [0.15, 0.2) is 0 Å². The molecule has 1 aliphatic rings. The van der Waals surface area contributed by atoms with Crippen molar-refractivity contribution in [2.24, 2.45) is 5.92 Å². The highest BCUT2D eigenvalue weighted by atomic mass is 16.5. The van der Waals surface area contributed by atoms with Gasteiger partial charge in [0.2, 0.25) is 0 Å². The van der Waals surface area contributed by atoms with Gasteiger partial charge in [-0.05, 0) is 24.3 Å². The summed E-state index contributed by atoms with van der Waals surface area (Å²) in [7, 11) is 0. The summed E-state index contributed by atoms with van der Waals surface area (Å²) in [5.41, 5.74) is 1.22. The van der Waals surface area contributed by atoms with Gasteiger partial charge in [-0.1, -0.05) is 64.4 Å². The lowest BCUT2D eigenvalue weighted by molar-refractivity contribution is -0.0601. The van der Waals surface area contributed by atoms with Crippen molar-refractivity contribution in [2.45, 2.75) is 64.8 Å². The molecule has 3 atom stereocenters. The molecule has 1 N–H and O–H groups in total. The highest BCUT2D eigenvalue weighted by Gasteiger charge is 2.47. The van der Waals surface area contributed by atoms with E-state index < -0.39 is 0 Å². The van der Waals surface area contributed by atoms with Crippen molar-refractivity contribution in [3.8, 4) is 0 Å². The van der Waals surface area contributed by atoms with Crippen LogP contribution in [-0.4, -0.2) is 11.6 Å². The third-order valence-corrected chi connectivity index (χ3v) is 4.76. The molecule has 0 radical (unpaired) electrons. The molecule has 106 valence electrons. The molecule has 0 aliphatic carbocycles. The minimum Gasteiger partial charge on any atom is -0.351 e. The summed E-state index contributed by atoms with van der Waals surface area (Å²) < 4.78 is 6.46. The first kappa shape index (κ1) is 14.5. The van der Waals surface area contributed by atoms with E-state index in [4.69, 9.17) is 4.74 Å². The van der Waals surface area contributed by atoms with Crippen LogP contribution in [0.1, 0.15) is 58.7 Å². The van der Waals surface area contributed by atoms with Gasteiger partial charge in [-0.3, -0.25) is 5.32 Å². The number of benzene rings is 1. The van der Waals surface area contributed by atoms with E-state index in [-0.39, 0.29) is 11.8 Å². The Bertz CT molecular complexity index is 386. The Balaban J connectivity index is 2.25. The van der Waals surface area contributed by atoms with E-state index in [1.807, 2.05) is 0 Å². The van der Waals surface area contributed by atoms with Crippen LogP contribution < -0.4 is 5.32 Å². The summed E-state index contributed by atoms with van der Waals surface area (Å²) in [6.45, 7) is 9.08. The van der Waals surface area contributed by atoms with Crippen molar-refractivity contribution in [1.29, 1.82) is 0 Å². The molecule has 1 unspecified atom stereocenters. The molecule has 1 saturated heterocycles. The summed E-state index contributed by atoms with van der Waals surface area (Å²) in [6, 6.07) is 10.9. The van der Waals surface area contributed by atoms with Gasteiger partial charge in [0, 0.05) is 6.04 Å². The first-order valence-electron chi connectivity index (χ1n) is 7.65. The van der Waals surface area contributed by atoms with E-state index in [1.165, 1.54) is 12.0 Å². The van der Waals surface area contributed by atoms with Crippen molar-refractivity contribution in [2.75, 3.05) is 0 Å². The van der Waals surface area contributed by atoms with E-state index in [0.717, 1.165) is 12.8 Å². The lowest BCUT2D eigenvalue weighted by Gasteiger charge is -2.35. The number of nitrogens with one attached hydrogen (secondary N) is 1. The molecule has 0 saturated carbocycles. The molecular weight excluding hydrogens is 234 g/mol. The van der Waals surface area contributed by atoms with Gasteiger partial charge >= 0.3 is 0 Å². The first-order valence-corrected chi connectivity index (χ1v) is 7.65. The average Bonchev–Trinajstić information content (AvgIpc) is 2.87. The standard InChI is InChI=1S/C17H27NO/c1-5-13(4)15-17(6-2,7-3)19-16(18-15)14-11-9-8-10-12-14/h8-13,15-16,18H,5-7H2,1-4H3/t13?,15-,16-/m0/s1. The van der Waals surface area contributed by atoms with Gasteiger partial charge in [-0.15, -0.1) is 0 Å². The zero-order valence-electron chi connectivity index (χ0n) is 12.6. The largest absolute Gasteiger partial charge is 0.351 e.